The first-order valence-corrected chi connectivity index (χ1v) is 10.2. The molecule has 33 heavy (non-hydrogen) atoms. The van der Waals surface area contributed by atoms with Crippen LogP contribution in [0.2, 0.25) is 0 Å². The van der Waals surface area contributed by atoms with Crippen LogP contribution in [0.3, 0.4) is 0 Å². The molecule has 4 rings (SSSR count). The molecule has 1 aliphatic rings. The second-order valence-corrected chi connectivity index (χ2v) is 7.37. The largest absolute Gasteiger partial charge is 0.504 e. The monoisotopic (exact) mass is 448 g/mol. The Morgan fingerprint density at radius 2 is 2.06 bits per heavy atom. The number of hydrogen-bond acceptors (Lipinski definition) is 7. The van der Waals surface area contributed by atoms with Crippen LogP contribution >= 0.6 is 0 Å². The fraction of sp³-hybridized carbons (Fsp3) is 0.208. The van der Waals surface area contributed by atoms with Gasteiger partial charge in [0.25, 0.3) is 5.89 Å². The van der Waals surface area contributed by atoms with Crippen LogP contribution in [0, 0.1) is 0 Å². The highest BCUT2D eigenvalue weighted by Crippen LogP contribution is 2.39. The molecule has 3 aromatic rings. The molecule has 0 saturated heterocycles. The minimum atomic E-state index is -0.631. The molecule has 9 nitrogen and oxygen atoms in total. The van der Waals surface area contributed by atoms with E-state index in [2.05, 4.69) is 22.0 Å². The van der Waals surface area contributed by atoms with E-state index in [1.165, 1.54) is 12.0 Å². The number of aromatic hydroxyl groups is 1. The molecule has 170 valence electrons. The fourth-order valence-electron chi connectivity index (χ4n) is 3.76. The van der Waals surface area contributed by atoms with E-state index in [0.29, 0.717) is 40.7 Å². The van der Waals surface area contributed by atoms with Gasteiger partial charge in [-0.2, -0.15) is 4.98 Å². The highest BCUT2D eigenvalue weighted by molar-refractivity contribution is 5.87. The number of rotatable bonds is 7. The lowest BCUT2D eigenvalue weighted by molar-refractivity contribution is 0.209. The summed E-state index contributed by atoms with van der Waals surface area (Å²) < 4.78 is 16.1. The molecule has 2 N–H and O–H groups in total. The van der Waals surface area contributed by atoms with E-state index >= 15 is 0 Å². The summed E-state index contributed by atoms with van der Waals surface area (Å²) in [5.74, 6) is 1.59. The Kier molecular flexibility index (Phi) is 6.03. The zero-order valence-electron chi connectivity index (χ0n) is 18.5. The van der Waals surface area contributed by atoms with Crippen molar-refractivity contribution >= 4 is 11.6 Å². The number of nitrogens with zero attached hydrogens (tertiary/aromatic N) is 3. The normalized spacial score (nSPS) is 15.9. The number of aromatic nitrogens is 2. The quantitative estimate of drug-likeness (QED) is 0.523. The van der Waals surface area contributed by atoms with Crippen molar-refractivity contribution in [3.05, 3.63) is 72.3 Å². The number of hydrogen-bond donors (Lipinski definition) is 2. The van der Waals surface area contributed by atoms with Crippen molar-refractivity contribution in [2.45, 2.75) is 13.0 Å². The highest BCUT2D eigenvalue weighted by Gasteiger charge is 2.35. The summed E-state index contributed by atoms with van der Waals surface area (Å²) in [5, 5.41) is 17.4. The van der Waals surface area contributed by atoms with Crippen LogP contribution in [-0.2, 0) is 0 Å². The first-order chi connectivity index (χ1) is 16.0. The molecule has 0 aliphatic carbocycles. The van der Waals surface area contributed by atoms with E-state index in [0.717, 1.165) is 5.56 Å². The van der Waals surface area contributed by atoms with Gasteiger partial charge in [-0.15, -0.1) is 6.58 Å². The number of benzene rings is 2. The zero-order chi connectivity index (χ0) is 23.5. The van der Waals surface area contributed by atoms with Crippen molar-refractivity contribution in [3.63, 3.8) is 0 Å². The fourth-order valence-corrected chi connectivity index (χ4v) is 3.76. The molecule has 1 aromatic heterocycles. The van der Waals surface area contributed by atoms with Gasteiger partial charge in [-0.05, 0) is 36.8 Å². The SMILES string of the molecule is C=CCN1C(=O)NC(c2ccc(OC)c(O)c2)C(c2nc(-c3cccc(OC)c3)no2)=C1C. The van der Waals surface area contributed by atoms with Crippen LogP contribution in [0.5, 0.6) is 17.2 Å². The Bertz CT molecular complexity index is 1230. The van der Waals surface area contributed by atoms with Gasteiger partial charge in [0.1, 0.15) is 5.75 Å². The van der Waals surface area contributed by atoms with Gasteiger partial charge in [0, 0.05) is 17.8 Å². The number of nitrogens with one attached hydrogen (secondary N) is 1. The lowest BCUT2D eigenvalue weighted by Crippen LogP contribution is -2.46. The third-order valence-corrected chi connectivity index (χ3v) is 5.43. The van der Waals surface area contributed by atoms with Gasteiger partial charge in [-0.25, -0.2) is 4.79 Å². The van der Waals surface area contributed by atoms with Crippen LogP contribution in [0.25, 0.3) is 17.0 Å². The standard InChI is InChI=1S/C24H24N4O5/c1-5-11-28-14(2)20(21(25-24(28)30)15-9-10-19(32-4)18(29)13-15)23-26-22(27-33-23)16-7-6-8-17(12-16)31-3/h5-10,12-13,21,29H,1,11H2,2-4H3,(H,25,30). The third-order valence-electron chi connectivity index (χ3n) is 5.43. The van der Waals surface area contributed by atoms with E-state index in [9.17, 15) is 9.90 Å². The summed E-state index contributed by atoms with van der Waals surface area (Å²) in [6, 6.07) is 11.3. The van der Waals surface area contributed by atoms with Gasteiger partial charge in [0.2, 0.25) is 5.82 Å². The van der Waals surface area contributed by atoms with Crippen LogP contribution in [0.4, 0.5) is 4.79 Å². The van der Waals surface area contributed by atoms with Crippen LogP contribution in [0.15, 0.2) is 65.3 Å². The Hall–Kier alpha value is -4.27. The maximum Gasteiger partial charge on any atom is 0.322 e. The van der Waals surface area contributed by atoms with Gasteiger partial charge in [-0.3, -0.25) is 4.90 Å². The maximum absolute atomic E-state index is 12.8. The molecule has 1 aliphatic heterocycles. The third kappa shape index (κ3) is 4.12. The number of carbonyl (C=O) groups is 1. The van der Waals surface area contributed by atoms with Crippen LogP contribution in [0.1, 0.15) is 24.4 Å². The molecule has 1 atom stereocenters. The summed E-state index contributed by atoms with van der Waals surface area (Å²) in [6.07, 6.45) is 1.63. The molecular weight excluding hydrogens is 424 g/mol. The van der Waals surface area contributed by atoms with Crippen molar-refractivity contribution < 1.29 is 23.9 Å². The molecule has 0 radical (unpaired) electrons. The minimum Gasteiger partial charge on any atom is -0.504 e. The van der Waals surface area contributed by atoms with Crippen molar-refractivity contribution in [2.24, 2.45) is 0 Å². The molecule has 0 bridgehead atoms. The number of phenols is 1. The number of phenolic OH excluding ortho intramolecular Hbond substituents is 1. The molecule has 0 saturated carbocycles. The summed E-state index contributed by atoms with van der Waals surface area (Å²) in [6.45, 7) is 5.85. The number of amides is 2. The summed E-state index contributed by atoms with van der Waals surface area (Å²) >= 11 is 0. The Morgan fingerprint density at radius 1 is 1.24 bits per heavy atom. The predicted molar refractivity (Wildman–Crippen MR) is 122 cm³/mol. The number of methoxy groups -OCH3 is 2. The minimum absolute atomic E-state index is 0.0441. The summed E-state index contributed by atoms with van der Waals surface area (Å²) in [4.78, 5) is 19.0. The van der Waals surface area contributed by atoms with Gasteiger partial charge < -0.3 is 24.4 Å². The molecule has 9 heteroatoms. The number of urea groups is 1. The molecule has 1 unspecified atom stereocenters. The van der Waals surface area contributed by atoms with E-state index < -0.39 is 6.04 Å². The van der Waals surface area contributed by atoms with Gasteiger partial charge in [0.15, 0.2) is 11.5 Å². The first-order valence-electron chi connectivity index (χ1n) is 10.2. The highest BCUT2D eigenvalue weighted by atomic mass is 16.5. The Balaban J connectivity index is 1.82. The summed E-state index contributed by atoms with van der Waals surface area (Å²) in [5.41, 5.74) is 2.61. The molecule has 0 fully saturated rings. The Morgan fingerprint density at radius 3 is 2.76 bits per heavy atom. The second kappa shape index (κ2) is 9.07. The summed E-state index contributed by atoms with van der Waals surface area (Å²) in [7, 11) is 3.06. The maximum atomic E-state index is 12.8. The van der Waals surface area contributed by atoms with E-state index in [-0.39, 0.29) is 17.7 Å². The van der Waals surface area contributed by atoms with Crippen LogP contribution < -0.4 is 14.8 Å². The molecule has 0 spiro atoms. The average Bonchev–Trinajstić information content (AvgIpc) is 3.31. The first kappa shape index (κ1) is 21.9. The molecule has 2 heterocycles. The second-order valence-electron chi connectivity index (χ2n) is 7.37. The van der Waals surface area contributed by atoms with Crippen molar-refractivity contribution in [2.75, 3.05) is 20.8 Å². The smallest absolute Gasteiger partial charge is 0.322 e. The number of ether oxygens (including phenoxy) is 2. The van der Waals surface area contributed by atoms with E-state index in [1.54, 1.807) is 31.4 Å². The average molecular weight is 448 g/mol. The predicted octanol–water partition coefficient (Wildman–Crippen LogP) is 4.14. The van der Waals surface area contributed by atoms with E-state index in [4.69, 9.17) is 14.0 Å². The van der Waals surface area contributed by atoms with Gasteiger partial charge >= 0.3 is 6.03 Å². The molecular formula is C24H24N4O5. The van der Waals surface area contributed by atoms with Crippen molar-refractivity contribution in [1.82, 2.24) is 20.4 Å². The topological polar surface area (TPSA) is 110 Å². The lowest BCUT2D eigenvalue weighted by Gasteiger charge is -2.34. The van der Waals surface area contributed by atoms with Crippen molar-refractivity contribution in [3.8, 4) is 28.6 Å². The van der Waals surface area contributed by atoms with E-state index in [1.807, 2.05) is 31.2 Å². The number of allylic oxidation sites excluding steroid dienone is 1. The van der Waals surface area contributed by atoms with Gasteiger partial charge in [0.05, 0.1) is 25.8 Å². The number of carbonyl (C=O) groups excluding carboxylic acids is 1. The molecule has 2 aromatic carbocycles. The van der Waals surface area contributed by atoms with Crippen LogP contribution in [-0.4, -0.2) is 46.9 Å². The van der Waals surface area contributed by atoms with Crippen molar-refractivity contribution in [1.29, 1.82) is 0 Å². The zero-order valence-corrected chi connectivity index (χ0v) is 18.5. The molecule has 2 amide bonds. The van der Waals surface area contributed by atoms with Gasteiger partial charge in [-0.1, -0.05) is 29.4 Å². The lowest BCUT2D eigenvalue weighted by atomic mass is 9.94. The Labute approximate surface area is 190 Å².